The highest BCUT2D eigenvalue weighted by Crippen LogP contribution is 2.28. The molecule has 100 valence electrons. The van der Waals surface area contributed by atoms with E-state index in [4.69, 9.17) is 0 Å². The number of aryl methyl sites for hydroxylation is 2. The number of aromatic nitrogens is 1. The molecule has 0 aliphatic rings. The zero-order valence-electron chi connectivity index (χ0n) is 10.4. The van der Waals surface area contributed by atoms with Crippen LogP contribution in [-0.4, -0.2) is 10.1 Å². The predicted molar refractivity (Wildman–Crippen MR) is 64.1 cm³/mol. The van der Waals surface area contributed by atoms with Gasteiger partial charge in [0.2, 0.25) is 0 Å². The molecule has 1 unspecified atom stereocenters. The summed E-state index contributed by atoms with van der Waals surface area (Å²) in [5.74, 6) is -4.26. The Morgan fingerprint density at radius 1 is 0.947 bits per heavy atom. The predicted octanol–water partition coefficient (Wildman–Crippen LogP) is 3.20. The molecular weight excluding hydrogens is 255 g/mol. The minimum absolute atomic E-state index is 0.312. The Kier molecular flexibility index (Phi) is 3.57. The van der Waals surface area contributed by atoms with Crippen LogP contribution in [0.1, 0.15) is 28.6 Å². The van der Waals surface area contributed by atoms with Crippen molar-refractivity contribution in [2.45, 2.75) is 20.0 Å². The number of hydrogen-bond acceptors (Lipinski definition) is 2. The molecule has 1 heterocycles. The summed E-state index contributed by atoms with van der Waals surface area (Å²) in [5.41, 5.74) is 1.30. The van der Waals surface area contributed by atoms with E-state index in [2.05, 4.69) is 4.98 Å². The number of benzene rings is 1. The van der Waals surface area contributed by atoms with Crippen LogP contribution in [0.25, 0.3) is 0 Å². The van der Waals surface area contributed by atoms with Gasteiger partial charge in [0.15, 0.2) is 17.5 Å². The number of halogens is 3. The monoisotopic (exact) mass is 267 g/mol. The molecule has 1 aromatic heterocycles. The lowest BCUT2D eigenvalue weighted by molar-refractivity contribution is 0.211. The van der Waals surface area contributed by atoms with Crippen molar-refractivity contribution in [3.63, 3.8) is 0 Å². The van der Waals surface area contributed by atoms with Crippen LogP contribution < -0.4 is 0 Å². The Morgan fingerprint density at radius 2 is 1.58 bits per heavy atom. The Morgan fingerprint density at radius 3 is 2.21 bits per heavy atom. The first kappa shape index (κ1) is 13.5. The van der Waals surface area contributed by atoms with Gasteiger partial charge in [0, 0.05) is 22.5 Å². The normalized spacial score (nSPS) is 12.5. The zero-order chi connectivity index (χ0) is 14.2. The molecule has 1 atom stereocenters. The average Bonchev–Trinajstić information content (AvgIpc) is 2.35. The van der Waals surface area contributed by atoms with Gasteiger partial charge in [0.1, 0.15) is 6.10 Å². The third kappa shape index (κ3) is 2.46. The van der Waals surface area contributed by atoms with Crippen molar-refractivity contribution >= 4 is 0 Å². The summed E-state index contributed by atoms with van der Waals surface area (Å²) in [6, 6.07) is 5.05. The standard InChI is InChI=1S/C14H12F3NO/c1-7-3-4-9(8(2)18-7)14(19)10-5-6-11(15)13(17)12(10)16/h3-6,14,19H,1-2H3. The van der Waals surface area contributed by atoms with Crippen LogP contribution in [-0.2, 0) is 0 Å². The van der Waals surface area contributed by atoms with Crippen molar-refractivity contribution in [2.24, 2.45) is 0 Å². The van der Waals surface area contributed by atoms with E-state index in [1.54, 1.807) is 26.0 Å². The Labute approximate surface area is 108 Å². The number of nitrogens with zero attached hydrogens (tertiary/aromatic N) is 1. The first-order valence-corrected chi connectivity index (χ1v) is 5.67. The van der Waals surface area contributed by atoms with Crippen molar-refractivity contribution in [1.82, 2.24) is 4.98 Å². The maximum atomic E-state index is 13.6. The number of aliphatic hydroxyl groups is 1. The molecule has 0 fully saturated rings. The summed E-state index contributed by atoms with van der Waals surface area (Å²) in [6.07, 6.45) is -1.39. The second-order valence-electron chi connectivity index (χ2n) is 4.29. The van der Waals surface area contributed by atoms with Crippen LogP contribution in [0.2, 0.25) is 0 Å². The number of pyridine rings is 1. The van der Waals surface area contributed by atoms with E-state index in [1.807, 2.05) is 0 Å². The number of aliphatic hydroxyl groups excluding tert-OH is 1. The van der Waals surface area contributed by atoms with E-state index in [9.17, 15) is 18.3 Å². The van der Waals surface area contributed by atoms with Gasteiger partial charge in [-0.3, -0.25) is 4.98 Å². The van der Waals surface area contributed by atoms with Crippen LogP contribution in [0.3, 0.4) is 0 Å². The molecule has 0 saturated carbocycles. The molecule has 2 rings (SSSR count). The fourth-order valence-electron chi connectivity index (χ4n) is 1.91. The van der Waals surface area contributed by atoms with Gasteiger partial charge in [-0.15, -0.1) is 0 Å². The lowest BCUT2D eigenvalue weighted by Crippen LogP contribution is -2.08. The number of hydrogen-bond donors (Lipinski definition) is 1. The van der Waals surface area contributed by atoms with E-state index in [0.717, 1.165) is 17.8 Å². The molecule has 2 aromatic rings. The Hall–Kier alpha value is -1.88. The molecular formula is C14H12F3NO. The molecule has 0 aliphatic carbocycles. The summed E-state index contributed by atoms with van der Waals surface area (Å²) < 4.78 is 39.6. The summed E-state index contributed by atoms with van der Waals surface area (Å²) in [4.78, 5) is 4.14. The third-order valence-electron chi connectivity index (χ3n) is 2.92. The van der Waals surface area contributed by atoms with Crippen LogP contribution in [0.4, 0.5) is 13.2 Å². The molecule has 1 N–H and O–H groups in total. The highest BCUT2D eigenvalue weighted by molar-refractivity contribution is 5.34. The van der Waals surface area contributed by atoms with Gasteiger partial charge in [-0.05, 0) is 26.0 Å². The summed E-state index contributed by atoms with van der Waals surface area (Å²) >= 11 is 0. The first-order valence-electron chi connectivity index (χ1n) is 5.67. The fraction of sp³-hybridized carbons (Fsp3) is 0.214. The van der Waals surface area contributed by atoms with Gasteiger partial charge in [0.05, 0.1) is 0 Å². The summed E-state index contributed by atoms with van der Waals surface area (Å²) in [6.45, 7) is 3.44. The van der Waals surface area contributed by atoms with E-state index in [0.29, 0.717) is 11.3 Å². The molecule has 5 heteroatoms. The van der Waals surface area contributed by atoms with Crippen molar-refractivity contribution in [3.05, 3.63) is 64.2 Å². The fourth-order valence-corrected chi connectivity index (χ4v) is 1.91. The topological polar surface area (TPSA) is 33.1 Å². The second-order valence-corrected chi connectivity index (χ2v) is 4.29. The molecule has 0 saturated heterocycles. The third-order valence-corrected chi connectivity index (χ3v) is 2.92. The van der Waals surface area contributed by atoms with Gasteiger partial charge in [0.25, 0.3) is 0 Å². The molecule has 19 heavy (non-hydrogen) atoms. The van der Waals surface area contributed by atoms with Crippen LogP contribution >= 0.6 is 0 Å². The smallest absolute Gasteiger partial charge is 0.194 e. The first-order chi connectivity index (χ1) is 8.91. The average molecular weight is 267 g/mol. The molecule has 0 amide bonds. The largest absolute Gasteiger partial charge is 0.383 e. The molecule has 0 aliphatic heterocycles. The molecule has 0 spiro atoms. The summed E-state index contributed by atoms with van der Waals surface area (Å²) in [7, 11) is 0. The van der Waals surface area contributed by atoms with E-state index in [1.165, 1.54) is 0 Å². The maximum Gasteiger partial charge on any atom is 0.194 e. The SMILES string of the molecule is Cc1ccc(C(O)c2ccc(F)c(F)c2F)c(C)n1. The molecule has 0 radical (unpaired) electrons. The van der Waals surface area contributed by atoms with Gasteiger partial charge in [-0.25, -0.2) is 13.2 Å². The quantitative estimate of drug-likeness (QED) is 0.848. The van der Waals surface area contributed by atoms with E-state index in [-0.39, 0.29) is 5.56 Å². The van der Waals surface area contributed by atoms with Gasteiger partial charge in [-0.1, -0.05) is 12.1 Å². The Bertz CT molecular complexity index is 628. The zero-order valence-corrected chi connectivity index (χ0v) is 10.4. The van der Waals surface area contributed by atoms with Gasteiger partial charge in [-0.2, -0.15) is 0 Å². The lowest BCUT2D eigenvalue weighted by Gasteiger charge is -2.15. The van der Waals surface area contributed by atoms with Crippen LogP contribution in [0.15, 0.2) is 24.3 Å². The molecule has 1 aromatic carbocycles. The molecule has 0 bridgehead atoms. The highest BCUT2D eigenvalue weighted by atomic mass is 19.2. The van der Waals surface area contributed by atoms with Crippen molar-refractivity contribution in [1.29, 1.82) is 0 Å². The highest BCUT2D eigenvalue weighted by Gasteiger charge is 2.21. The van der Waals surface area contributed by atoms with Crippen LogP contribution in [0.5, 0.6) is 0 Å². The van der Waals surface area contributed by atoms with E-state index >= 15 is 0 Å². The van der Waals surface area contributed by atoms with Gasteiger partial charge >= 0.3 is 0 Å². The minimum atomic E-state index is -1.59. The Balaban J connectivity index is 2.50. The molecule has 2 nitrogen and oxygen atoms in total. The van der Waals surface area contributed by atoms with Crippen LogP contribution in [0, 0.1) is 31.3 Å². The second kappa shape index (κ2) is 5.01. The van der Waals surface area contributed by atoms with E-state index < -0.39 is 23.6 Å². The maximum absolute atomic E-state index is 13.6. The van der Waals surface area contributed by atoms with Crippen molar-refractivity contribution in [3.8, 4) is 0 Å². The lowest BCUT2D eigenvalue weighted by atomic mass is 9.99. The van der Waals surface area contributed by atoms with Gasteiger partial charge < -0.3 is 5.11 Å². The number of rotatable bonds is 2. The van der Waals surface area contributed by atoms with Crippen molar-refractivity contribution < 1.29 is 18.3 Å². The van der Waals surface area contributed by atoms with Crippen molar-refractivity contribution in [2.75, 3.05) is 0 Å². The minimum Gasteiger partial charge on any atom is -0.383 e. The summed E-state index contributed by atoms with van der Waals surface area (Å²) in [5, 5.41) is 10.1.